The first-order valence-corrected chi connectivity index (χ1v) is 7.70. The van der Waals surface area contributed by atoms with E-state index in [0.717, 1.165) is 24.8 Å². The van der Waals surface area contributed by atoms with Gasteiger partial charge in [0, 0.05) is 18.0 Å². The fraction of sp³-hybridized carbons (Fsp3) is 0.647. The molecule has 19 heavy (non-hydrogen) atoms. The van der Waals surface area contributed by atoms with Gasteiger partial charge in [0.25, 0.3) is 0 Å². The molecule has 4 unspecified atom stereocenters. The highest BCUT2D eigenvalue weighted by atomic mass is 15.0. The molecule has 1 fully saturated rings. The highest BCUT2D eigenvalue weighted by Gasteiger charge is 2.37. The lowest BCUT2D eigenvalue weighted by atomic mass is 10.0. The normalized spacial score (nSPS) is 25.0. The van der Waals surface area contributed by atoms with Crippen molar-refractivity contribution in [2.45, 2.75) is 57.5 Å². The van der Waals surface area contributed by atoms with Crippen LogP contribution in [0.25, 0.3) is 0 Å². The van der Waals surface area contributed by atoms with E-state index in [1.54, 1.807) is 0 Å². The van der Waals surface area contributed by atoms with Crippen LogP contribution in [0.2, 0.25) is 0 Å². The largest absolute Gasteiger partial charge is 0.328 e. The average molecular weight is 260 g/mol. The van der Waals surface area contributed by atoms with Crippen molar-refractivity contribution in [3.05, 3.63) is 35.9 Å². The smallest absolute Gasteiger partial charge is 0.0143 e. The topological polar surface area (TPSA) is 38.0 Å². The lowest BCUT2D eigenvalue weighted by Gasteiger charge is -2.13. The Morgan fingerprint density at radius 3 is 2.63 bits per heavy atom. The SMILES string of the molecule is CC(N)CCCC(C)CNC1CC1c1ccccc1. The average Bonchev–Trinajstić information content (AvgIpc) is 3.16. The van der Waals surface area contributed by atoms with Crippen molar-refractivity contribution in [2.24, 2.45) is 11.7 Å². The summed E-state index contributed by atoms with van der Waals surface area (Å²) in [6.07, 6.45) is 5.00. The van der Waals surface area contributed by atoms with Gasteiger partial charge in [0.05, 0.1) is 0 Å². The summed E-state index contributed by atoms with van der Waals surface area (Å²) in [5.74, 6) is 1.51. The first-order chi connectivity index (χ1) is 9.16. The van der Waals surface area contributed by atoms with Gasteiger partial charge in [-0.2, -0.15) is 0 Å². The number of nitrogens with two attached hydrogens (primary N) is 1. The fourth-order valence-corrected chi connectivity index (χ4v) is 2.73. The van der Waals surface area contributed by atoms with Crippen LogP contribution in [0.3, 0.4) is 0 Å². The Bertz CT molecular complexity index is 361. The quantitative estimate of drug-likeness (QED) is 0.753. The summed E-state index contributed by atoms with van der Waals surface area (Å²) in [5, 5.41) is 3.71. The molecule has 0 bridgehead atoms. The molecule has 1 aliphatic rings. The third-order valence-electron chi connectivity index (χ3n) is 4.10. The van der Waals surface area contributed by atoms with Crippen molar-refractivity contribution in [3.8, 4) is 0 Å². The standard InChI is InChI=1S/C17H28N2/c1-13(7-6-8-14(2)18)12-19-17-11-16(17)15-9-4-3-5-10-15/h3-5,9-10,13-14,16-17,19H,6-8,11-12,18H2,1-2H3. The molecule has 0 amide bonds. The van der Waals surface area contributed by atoms with E-state index >= 15 is 0 Å². The number of nitrogens with one attached hydrogen (secondary N) is 1. The molecule has 1 saturated carbocycles. The zero-order valence-electron chi connectivity index (χ0n) is 12.3. The van der Waals surface area contributed by atoms with Crippen LogP contribution in [0, 0.1) is 5.92 Å². The summed E-state index contributed by atoms with van der Waals surface area (Å²) in [6.45, 7) is 5.58. The lowest BCUT2D eigenvalue weighted by molar-refractivity contribution is 0.445. The molecule has 0 saturated heterocycles. The Hall–Kier alpha value is -0.860. The number of benzene rings is 1. The van der Waals surface area contributed by atoms with E-state index in [1.165, 1.54) is 24.8 Å². The third-order valence-corrected chi connectivity index (χ3v) is 4.10. The van der Waals surface area contributed by atoms with Gasteiger partial charge in [0.1, 0.15) is 0 Å². The zero-order valence-corrected chi connectivity index (χ0v) is 12.3. The molecule has 106 valence electrons. The predicted molar refractivity (Wildman–Crippen MR) is 82.3 cm³/mol. The first-order valence-electron chi connectivity index (χ1n) is 7.70. The minimum Gasteiger partial charge on any atom is -0.328 e. The Labute approximate surface area is 117 Å². The van der Waals surface area contributed by atoms with Gasteiger partial charge in [0.15, 0.2) is 0 Å². The van der Waals surface area contributed by atoms with Crippen molar-refractivity contribution >= 4 is 0 Å². The Morgan fingerprint density at radius 1 is 1.21 bits per heavy atom. The summed E-state index contributed by atoms with van der Waals surface area (Å²) in [4.78, 5) is 0. The molecule has 1 aromatic carbocycles. The third kappa shape index (κ3) is 4.96. The van der Waals surface area contributed by atoms with Crippen LogP contribution in [0.5, 0.6) is 0 Å². The molecule has 1 aliphatic carbocycles. The highest BCUT2D eigenvalue weighted by Crippen LogP contribution is 2.40. The van der Waals surface area contributed by atoms with Gasteiger partial charge in [-0.15, -0.1) is 0 Å². The highest BCUT2D eigenvalue weighted by molar-refractivity contribution is 5.27. The molecular weight excluding hydrogens is 232 g/mol. The van der Waals surface area contributed by atoms with E-state index in [0.29, 0.717) is 12.1 Å². The summed E-state index contributed by atoms with van der Waals surface area (Å²) >= 11 is 0. The predicted octanol–water partition coefficient (Wildman–Crippen LogP) is 3.29. The van der Waals surface area contributed by atoms with Crippen molar-refractivity contribution in [1.29, 1.82) is 0 Å². The molecule has 0 aliphatic heterocycles. The van der Waals surface area contributed by atoms with Crippen LogP contribution in [0.4, 0.5) is 0 Å². The zero-order chi connectivity index (χ0) is 13.7. The van der Waals surface area contributed by atoms with E-state index in [9.17, 15) is 0 Å². The summed E-state index contributed by atoms with van der Waals surface area (Å²) in [7, 11) is 0. The van der Waals surface area contributed by atoms with Gasteiger partial charge in [0.2, 0.25) is 0 Å². The molecule has 2 rings (SSSR count). The van der Waals surface area contributed by atoms with Gasteiger partial charge in [-0.25, -0.2) is 0 Å². The van der Waals surface area contributed by atoms with E-state index in [-0.39, 0.29) is 0 Å². The minimum atomic E-state index is 0.353. The molecule has 0 radical (unpaired) electrons. The summed E-state index contributed by atoms with van der Waals surface area (Å²) < 4.78 is 0. The van der Waals surface area contributed by atoms with E-state index < -0.39 is 0 Å². The first kappa shape index (κ1) is 14.5. The number of hydrogen-bond donors (Lipinski definition) is 2. The maximum atomic E-state index is 5.78. The summed E-state index contributed by atoms with van der Waals surface area (Å²) in [6, 6.07) is 11.9. The van der Waals surface area contributed by atoms with Gasteiger partial charge < -0.3 is 11.1 Å². The van der Waals surface area contributed by atoms with Gasteiger partial charge >= 0.3 is 0 Å². The van der Waals surface area contributed by atoms with Crippen LogP contribution < -0.4 is 11.1 Å². The molecule has 0 aromatic heterocycles. The minimum absolute atomic E-state index is 0.353. The van der Waals surface area contributed by atoms with Crippen molar-refractivity contribution < 1.29 is 0 Å². The maximum Gasteiger partial charge on any atom is 0.0143 e. The molecule has 3 N–H and O–H groups in total. The van der Waals surface area contributed by atoms with Crippen molar-refractivity contribution in [1.82, 2.24) is 5.32 Å². The molecule has 2 nitrogen and oxygen atoms in total. The maximum absolute atomic E-state index is 5.78. The van der Waals surface area contributed by atoms with E-state index in [4.69, 9.17) is 5.73 Å². The Morgan fingerprint density at radius 2 is 1.95 bits per heavy atom. The van der Waals surface area contributed by atoms with Crippen molar-refractivity contribution in [2.75, 3.05) is 6.54 Å². The monoisotopic (exact) mass is 260 g/mol. The second kappa shape index (κ2) is 7.06. The van der Waals surface area contributed by atoms with Crippen LogP contribution in [0.15, 0.2) is 30.3 Å². The Balaban J connectivity index is 1.60. The lowest BCUT2D eigenvalue weighted by Crippen LogP contribution is -2.24. The van der Waals surface area contributed by atoms with Crippen molar-refractivity contribution in [3.63, 3.8) is 0 Å². The number of hydrogen-bond acceptors (Lipinski definition) is 2. The molecule has 4 atom stereocenters. The molecule has 2 heteroatoms. The Kier molecular flexibility index (Phi) is 5.41. The van der Waals surface area contributed by atoms with Gasteiger partial charge in [-0.1, -0.05) is 43.7 Å². The van der Waals surface area contributed by atoms with Gasteiger partial charge in [-0.05, 0) is 44.2 Å². The fourth-order valence-electron chi connectivity index (χ4n) is 2.73. The van der Waals surface area contributed by atoms with E-state index in [2.05, 4.69) is 49.5 Å². The second-order valence-electron chi connectivity index (χ2n) is 6.28. The molecular formula is C17H28N2. The van der Waals surface area contributed by atoms with Crippen LogP contribution in [-0.2, 0) is 0 Å². The molecule has 0 spiro atoms. The summed E-state index contributed by atoms with van der Waals surface area (Å²) in [5.41, 5.74) is 7.27. The molecule has 0 heterocycles. The second-order valence-corrected chi connectivity index (χ2v) is 6.28. The van der Waals surface area contributed by atoms with Crippen LogP contribution in [-0.4, -0.2) is 18.6 Å². The van der Waals surface area contributed by atoms with Crippen LogP contribution in [0.1, 0.15) is 51.0 Å². The molecule has 1 aromatic rings. The number of rotatable bonds is 8. The van der Waals surface area contributed by atoms with E-state index in [1.807, 2.05) is 0 Å². The van der Waals surface area contributed by atoms with Crippen LogP contribution >= 0.6 is 0 Å². The van der Waals surface area contributed by atoms with Gasteiger partial charge in [-0.3, -0.25) is 0 Å².